The summed E-state index contributed by atoms with van der Waals surface area (Å²) < 4.78 is 44.7. The Hall–Kier alpha value is -2.74. The van der Waals surface area contributed by atoms with Crippen LogP contribution in [0.15, 0.2) is 59.5 Å². The smallest absolute Gasteiger partial charge is 0.291 e. The van der Waals surface area contributed by atoms with Crippen molar-refractivity contribution in [3.63, 3.8) is 0 Å². The van der Waals surface area contributed by atoms with Gasteiger partial charge in [-0.05, 0) is 48.7 Å². The third-order valence-electron chi connectivity index (χ3n) is 4.67. The molecular weight excluding hydrogens is 423 g/mol. The fourth-order valence-corrected chi connectivity index (χ4v) is 3.63. The van der Waals surface area contributed by atoms with Gasteiger partial charge >= 0.3 is 6.18 Å². The molecule has 3 rings (SSSR count). The van der Waals surface area contributed by atoms with Crippen molar-refractivity contribution < 1.29 is 18.0 Å². The lowest BCUT2D eigenvalue weighted by atomic mass is 9.92. The molecule has 1 N–H and O–H groups in total. The van der Waals surface area contributed by atoms with Gasteiger partial charge in [0.15, 0.2) is 0 Å². The lowest BCUT2D eigenvalue weighted by Crippen LogP contribution is -2.22. The molecule has 1 aromatic heterocycles. The van der Waals surface area contributed by atoms with Crippen LogP contribution in [0, 0.1) is 6.92 Å². The van der Waals surface area contributed by atoms with Crippen molar-refractivity contribution >= 4 is 17.9 Å². The number of hydrogen-bond acceptors (Lipinski definition) is 3. The van der Waals surface area contributed by atoms with E-state index in [2.05, 4.69) is 9.82 Å². The number of benzene rings is 2. The Kier molecular flexibility index (Phi) is 6.50. The zero-order chi connectivity index (χ0) is 22.8. The van der Waals surface area contributed by atoms with Crippen LogP contribution in [0.3, 0.4) is 0 Å². The molecule has 0 saturated carbocycles. The van der Waals surface area contributed by atoms with Gasteiger partial charge in [-0.1, -0.05) is 56.7 Å². The summed E-state index contributed by atoms with van der Waals surface area (Å²) >= 11 is 1.14. The molecule has 8 heteroatoms. The molecule has 0 bridgehead atoms. The fraction of sp³-hybridized carbons (Fsp3) is 0.304. The number of nitrogens with zero attached hydrogens (tertiary/aromatic N) is 2. The summed E-state index contributed by atoms with van der Waals surface area (Å²) in [6, 6.07) is 14.9. The Balaban J connectivity index is 1.96. The van der Waals surface area contributed by atoms with Gasteiger partial charge in [0.1, 0.15) is 5.69 Å². The first-order valence-corrected chi connectivity index (χ1v) is 10.5. The van der Waals surface area contributed by atoms with E-state index in [1.54, 1.807) is 13.0 Å². The number of aromatic nitrogens is 2. The topological polar surface area (TPSA) is 46.9 Å². The van der Waals surface area contributed by atoms with E-state index in [4.69, 9.17) is 0 Å². The maximum atomic E-state index is 13.5. The molecule has 0 atom stereocenters. The van der Waals surface area contributed by atoms with Gasteiger partial charge in [0.25, 0.3) is 5.91 Å². The maximum absolute atomic E-state index is 13.5. The van der Waals surface area contributed by atoms with Crippen molar-refractivity contribution in [2.45, 2.75) is 50.7 Å². The lowest BCUT2D eigenvalue weighted by molar-refractivity contribution is -0.138. The quantitative estimate of drug-likeness (QED) is 0.489. The van der Waals surface area contributed by atoms with Crippen LogP contribution in [-0.4, -0.2) is 15.7 Å². The summed E-state index contributed by atoms with van der Waals surface area (Å²) in [5, 5.41) is 4.48. The molecule has 0 radical (unpaired) electrons. The number of hydrogen-bond donors (Lipinski definition) is 1. The summed E-state index contributed by atoms with van der Waals surface area (Å²) in [6.07, 6.45) is -4.49. The van der Waals surface area contributed by atoms with Crippen LogP contribution in [-0.2, 0) is 18.1 Å². The third-order valence-corrected chi connectivity index (χ3v) is 5.47. The Bertz CT molecular complexity index is 1070. The Morgan fingerprint density at radius 3 is 2.35 bits per heavy atom. The molecule has 0 unspecified atom stereocenters. The second-order valence-corrected chi connectivity index (χ2v) is 9.21. The summed E-state index contributed by atoms with van der Waals surface area (Å²) in [5.74, 6) is -0.418. The number of halogens is 3. The summed E-state index contributed by atoms with van der Waals surface area (Å²) in [5.41, 5.74) is 0.520. The van der Waals surface area contributed by atoms with Crippen molar-refractivity contribution in [1.29, 1.82) is 0 Å². The average molecular weight is 448 g/mol. The van der Waals surface area contributed by atoms with Gasteiger partial charge in [-0.2, -0.15) is 18.3 Å². The number of nitrogens with one attached hydrogen (secondary N) is 1. The zero-order valence-corrected chi connectivity index (χ0v) is 18.6. The van der Waals surface area contributed by atoms with E-state index in [1.165, 1.54) is 16.8 Å². The molecule has 0 spiro atoms. The van der Waals surface area contributed by atoms with Gasteiger partial charge in [-0.15, -0.1) is 0 Å². The normalized spacial score (nSPS) is 12.1. The number of aryl methyl sites for hydroxylation is 1. The summed E-state index contributed by atoms with van der Waals surface area (Å²) in [6.45, 7) is 7.39. The van der Waals surface area contributed by atoms with Crippen molar-refractivity contribution in [2.24, 2.45) is 0 Å². The standard InChI is InChI=1S/C23H24F3N3OS/c1-15-10-11-18(23(24,25)26)16(12-15)14-29-19(13-20(27-29)22(2,3)4)21(30)28-31-17-8-6-5-7-9-17/h5-13H,14H2,1-4H3,(H,28,30). The van der Waals surface area contributed by atoms with Crippen LogP contribution >= 0.6 is 11.9 Å². The molecule has 31 heavy (non-hydrogen) atoms. The Labute approximate surface area is 184 Å². The van der Waals surface area contributed by atoms with Crippen molar-refractivity contribution in [1.82, 2.24) is 14.5 Å². The molecule has 0 fully saturated rings. The molecule has 164 valence electrons. The third kappa shape index (κ3) is 5.70. The van der Waals surface area contributed by atoms with Crippen LogP contribution in [0.2, 0.25) is 0 Å². The number of amides is 1. The molecule has 2 aromatic carbocycles. The number of rotatable bonds is 5. The van der Waals surface area contributed by atoms with Gasteiger partial charge in [-0.3, -0.25) is 14.2 Å². The van der Waals surface area contributed by atoms with Crippen LogP contribution in [0.25, 0.3) is 0 Å². The van der Waals surface area contributed by atoms with E-state index in [0.717, 1.165) is 22.9 Å². The van der Waals surface area contributed by atoms with Gasteiger partial charge < -0.3 is 0 Å². The first kappa shape index (κ1) is 22.9. The summed E-state index contributed by atoms with van der Waals surface area (Å²) in [7, 11) is 0. The Morgan fingerprint density at radius 2 is 1.74 bits per heavy atom. The van der Waals surface area contributed by atoms with Crippen LogP contribution in [0.5, 0.6) is 0 Å². The highest BCUT2D eigenvalue weighted by atomic mass is 32.2. The number of alkyl halides is 3. The van der Waals surface area contributed by atoms with Gasteiger partial charge in [0.05, 0.1) is 17.8 Å². The van der Waals surface area contributed by atoms with E-state index < -0.39 is 17.6 Å². The van der Waals surface area contributed by atoms with Gasteiger partial charge in [0, 0.05) is 10.3 Å². The molecule has 0 aliphatic heterocycles. The average Bonchev–Trinajstić information content (AvgIpc) is 3.10. The highest BCUT2D eigenvalue weighted by molar-refractivity contribution is 7.98. The molecule has 4 nitrogen and oxygen atoms in total. The maximum Gasteiger partial charge on any atom is 0.416 e. The number of carbonyl (C=O) groups excluding carboxylic acids is 1. The molecule has 0 saturated heterocycles. The SMILES string of the molecule is Cc1ccc(C(F)(F)F)c(Cn2nc(C(C)(C)C)cc2C(=O)NSc2ccccc2)c1. The highest BCUT2D eigenvalue weighted by Gasteiger charge is 2.34. The number of carbonyl (C=O) groups is 1. The molecule has 0 aliphatic carbocycles. The Morgan fingerprint density at radius 1 is 1.06 bits per heavy atom. The van der Waals surface area contributed by atoms with Gasteiger partial charge in [0.2, 0.25) is 0 Å². The lowest BCUT2D eigenvalue weighted by Gasteiger charge is -2.16. The van der Waals surface area contributed by atoms with E-state index in [9.17, 15) is 18.0 Å². The van der Waals surface area contributed by atoms with E-state index >= 15 is 0 Å². The largest absolute Gasteiger partial charge is 0.416 e. The summed E-state index contributed by atoms with van der Waals surface area (Å²) in [4.78, 5) is 13.7. The molecule has 1 heterocycles. The van der Waals surface area contributed by atoms with Crippen molar-refractivity contribution in [2.75, 3.05) is 0 Å². The van der Waals surface area contributed by atoms with E-state index in [-0.39, 0.29) is 23.2 Å². The monoisotopic (exact) mass is 447 g/mol. The highest BCUT2D eigenvalue weighted by Crippen LogP contribution is 2.33. The fourth-order valence-electron chi connectivity index (χ4n) is 3.02. The first-order valence-electron chi connectivity index (χ1n) is 9.72. The zero-order valence-electron chi connectivity index (χ0n) is 17.7. The van der Waals surface area contributed by atoms with Crippen LogP contribution in [0.4, 0.5) is 13.2 Å². The van der Waals surface area contributed by atoms with Gasteiger partial charge in [-0.25, -0.2) is 0 Å². The minimum absolute atomic E-state index is 0.0702. The molecule has 1 amide bonds. The predicted octanol–water partition coefficient (Wildman–Crippen LogP) is 5.99. The molecule has 3 aromatic rings. The molecular formula is C23H24F3N3OS. The first-order chi connectivity index (χ1) is 14.4. The second kappa shape index (κ2) is 8.78. The van der Waals surface area contributed by atoms with Crippen molar-refractivity contribution in [3.8, 4) is 0 Å². The van der Waals surface area contributed by atoms with Crippen LogP contribution < -0.4 is 4.72 Å². The van der Waals surface area contributed by atoms with Crippen molar-refractivity contribution in [3.05, 3.63) is 82.7 Å². The minimum Gasteiger partial charge on any atom is -0.291 e. The predicted molar refractivity (Wildman–Crippen MR) is 116 cm³/mol. The minimum atomic E-state index is -4.49. The van der Waals surface area contributed by atoms with Crippen LogP contribution in [0.1, 0.15) is 53.6 Å². The van der Waals surface area contributed by atoms with E-state index in [0.29, 0.717) is 11.3 Å². The molecule has 0 aliphatic rings. The second-order valence-electron chi connectivity index (χ2n) is 8.33. The van der Waals surface area contributed by atoms with E-state index in [1.807, 2.05) is 51.1 Å².